The Kier molecular flexibility index (Phi) is 7.35. The molecule has 0 radical (unpaired) electrons. The lowest BCUT2D eigenvalue weighted by molar-refractivity contribution is -0.138. The summed E-state index contributed by atoms with van der Waals surface area (Å²) in [5, 5.41) is 0. The van der Waals surface area contributed by atoms with Crippen LogP contribution in [0.5, 0.6) is 11.5 Å². The maximum atomic E-state index is 13.9. The van der Waals surface area contributed by atoms with Gasteiger partial charge in [-0.15, -0.1) is 0 Å². The summed E-state index contributed by atoms with van der Waals surface area (Å²) < 4.78 is 24.5. The van der Waals surface area contributed by atoms with Crippen molar-refractivity contribution in [1.29, 1.82) is 0 Å². The van der Waals surface area contributed by atoms with Crippen molar-refractivity contribution >= 4 is 45.0 Å². The Bertz CT molecular complexity index is 1720. The van der Waals surface area contributed by atoms with Crippen LogP contribution in [0.15, 0.2) is 85.1 Å². The van der Waals surface area contributed by atoms with Gasteiger partial charge in [-0.05, 0) is 52.7 Å². The highest BCUT2D eigenvalue weighted by atomic mass is 79.9. The number of thiazole rings is 1. The molecule has 5 rings (SSSR count). The Morgan fingerprint density at radius 2 is 1.87 bits per heavy atom. The second-order valence-electron chi connectivity index (χ2n) is 8.19. The number of fused-ring (bicyclic) bond motifs is 1. The second-order valence-corrected chi connectivity index (χ2v) is 9.98. The fourth-order valence-electron chi connectivity index (χ4n) is 4.31. The molecule has 0 fully saturated rings. The fraction of sp³-hybridized carbons (Fsp3) is 0.179. The number of furan rings is 1. The summed E-state index contributed by atoms with van der Waals surface area (Å²) in [6, 6.07) is 17.4. The minimum atomic E-state index is -0.828. The molecular formula is C28H23BrN2O6S. The predicted octanol–water partition coefficient (Wildman–Crippen LogP) is 4.31. The number of rotatable bonds is 7. The number of methoxy groups -OCH3 is 2. The molecule has 10 heteroatoms. The van der Waals surface area contributed by atoms with Gasteiger partial charge in [0.2, 0.25) is 0 Å². The molecule has 38 heavy (non-hydrogen) atoms. The molecule has 0 spiro atoms. The first-order chi connectivity index (χ1) is 18.4. The van der Waals surface area contributed by atoms with Crippen LogP contribution in [0.3, 0.4) is 0 Å². The van der Waals surface area contributed by atoms with Gasteiger partial charge in [0.15, 0.2) is 21.0 Å². The molecular weight excluding hydrogens is 572 g/mol. The van der Waals surface area contributed by atoms with Crippen LogP contribution < -0.4 is 24.4 Å². The van der Waals surface area contributed by atoms with Crippen molar-refractivity contribution in [3.05, 3.63) is 107 Å². The Balaban J connectivity index is 1.85. The van der Waals surface area contributed by atoms with Gasteiger partial charge < -0.3 is 18.6 Å². The largest absolute Gasteiger partial charge is 0.493 e. The number of benzene rings is 2. The molecule has 2 aromatic heterocycles. The maximum Gasteiger partial charge on any atom is 0.338 e. The van der Waals surface area contributed by atoms with Crippen LogP contribution in [0.25, 0.3) is 11.8 Å². The van der Waals surface area contributed by atoms with Gasteiger partial charge in [-0.1, -0.05) is 47.7 Å². The third kappa shape index (κ3) is 4.72. The van der Waals surface area contributed by atoms with E-state index < -0.39 is 12.0 Å². The first-order valence-corrected chi connectivity index (χ1v) is 13.3. The van der Waals surface area contributed by atoms with Crippen LogP contribution in [0, 0.1) is 0 Å². The predicted molar refractivity (Wildman–Crippen MR) is 147 cm³/mol. The van der Waals surface area contributed by atoms with Crippen LogP contribution in [-0.2, 0) is 9.53 Å². The average Bonchev–Trinajstić information content (AvgIpc) is 3.49. The summed E-state index contributed by atoms with van der Waals surface area (Å²) >= 11 is 4.51. The van der Waals surface area contributed by atoms with Crippen LogP contribution in [-0.4, -0.2) is 31.4 Å². The number of carbonyl (C=O) groups is 1. The standard InChI is InChI=1S/C28H23BrN2O6S/c1-4-36-27(33)23-24(16-8-6-5-7-9-16)30-28-31(25(23)17-10-12-19(34-2)20(14-17)35-3)26(32)21(38-28)15-18-11-13-22(29)37-18/h5-15,25H,4H2,1-3H3/b21-15-. The fourth-order valence-corrected chi connectivity index (χ4v) is 5.61. The van der Waals surface area contributed by atoms with Crippen LogP contribution in [0.2, 0.25) is 0 Å². The zero-order valence-corrected chi connectivity index (χ0v) is 23.2. The summed E-state index contributed by atoms with van der Waals surface area (Å²) in [7, 11) is 3.08. The molecule has 8 nitrogen and oxygen atoms in total. The molecule has 0 amide bonds. The quantitative estimate of drug-likeness (QED) is 0.296. The minimum absolute atomic E-state index is 0.168. The van der Waals surface area contributed by atoms with E-state index in [1.54, 1.807) is 50.4 Å². The number of ether oxygens (including phenoxy) is 3. The van der Waals surface area contributed by atoms with E-state index in [4.69, 9.17) is 23.6 Å². The molecule has 1 unspecified atom stereocenters. The van der Waals surface area contributed by atoms with Gasteiger partial charge in [-0.3, -0.25) is 9.36 Å². The third-order valence-corrected chi connectivity index (χ3v) is 7.37. The van der Waals surface area contributed by atoms with E-state index in [0.29, 0.717) is 42.5 Å². The molecule has 0 bridgehead atoms. The number of hydrogen-bond donors (Lipinski definition) is 0. The summed E-state index contributed by atoms with van der Waals surface area (Å²) in [5.41, 5.74) is 1.76. The Morgan fingerprint density at radius 1 is 1.11 bits per heavy atom. The zero-order chi connectivity index (χ0) is 26.8. The summed E-state index contributed by atoms with van der Waals surface area (Å²) in [5.74, 6) is 0.947. The van der Waals surface area contributed by atoms with E-state index in [-0.39, 0.29) is 17.7 Å². The lowest BCUT2D eigenvalue weighted by Gasteiger charge is -2.26. The molecule has 2 aromatic carbocycles. The summed E-state index contributed by atoms with van der Waals surface area (Å²) in [6.45, 7) is 1.91. The lowest BCUT2D eigenvalue weighted by atomic mass is 9.93. The monoisotopic (exact) mass is 594 g/mol. The van der Waals surface area contributed by atoms with E-state index in [1.807, 2.05) is 30.3 Å². The highest BCUT2D eigenvalue weighted by Gasteiger charge is 2.35. The van der Waals surface area contributed by atoms with Crippen LogP contribution >= 0.6 is 27.3 Å². The number of hydrogen-bond acceptors (Lipinski definition) is 8. The van der Waals surface area contributed by atoms with E-state index in [2.05, 4.69) is 15.9 Å². The first kappa shape index (κ1) is 25.7. The van der Waals surface area contributed by atoms with Gasteiger partial charge >= 0.3 is 5.97 Å². The van der Waals surface area contributed by atoms with Gasteiger partial charge in [-0.2, -0.15) is 0 Å². The highest BCUT2D eigenvalue weighted by Crippen LogP contribution is 2.38. The van der Waals surface area contributed by atoms with Crippen molar-refractivity contribution in [2.24, 2.45) is 4.99 Å². The molecule has 0 saturated carbocycles. The molecule has 0 N–H and O–H groups in total. The van der Waals surface area contributed by atoms with Crippen molar-refractivity contribution < 1.29 is 23.4 Å². The Hall–Kier alpha value is -3.89. The molecule has 4 aromatic rings. The SMILES string of the molecule is CCOC(=O)C1=C(c2ccccc2)N=c2s/c(=C\c3ccc(Br)o3)c(=O)n2C1c1ccc(OC)c(OC)c1. The zero-order valence-electron chi connectivity index (χ0n) is 20.8. The smallest absolute Gasteiger partial charge is 0.338 e. The number of carbonyl (C=O) groups excluding carboxylic acids is 1. The van der Waals surface area contributed by atoms with Crippen molar-refractivity contribution in [3.63, 3.8) is 0 Å². The number of halogens is 1. The Morgan fingerprint density at radius 3 is 2.53 bits per heavy atom. The van der Waals surface area contributed by atoms with E-state index >= 15 is 0 Å². The van der Waals surface area contributed by atoms with Gasteiger partial charge in [0.25, 0.3) is 5.56 Å². The van der Waals surface area contributed by atoms with Crippen molar-refractivity contribution in [2.45, 2.75) is 13.0 Å². The van der Waals surface area contributed by atoms with Crippen LogP contribution in [0.4, 0.5) is 0 Å². The molecule has 0 aliphatic carbocycles. The van der Waals surface area contributed by atoms with E-state index in [9.17, 15) is 9.59 Å². The second kappa shape index (κ2) is 10.8. The molecule has 194 valence electrons. The Labute approximate surface area is 230 Å². The minimum Gasteiger partial charge on any atom is -0.493 e. The summed E-state index contributed by atoms with van der Waals surface area (Å²) in [4.78, 5) is 32.7. The molecule has 1 aliphatic rings. The number of aromatic nitrogens is 1. The average molecular weight is 595 g/mol. The van der Waals surface area contributed by atoms with Gasteiger partial charge in [0.1, 0.15) is 5.76 Å². The van der Waals surface area contributed by atoms with Gasteiger partial charge in [-0.25, -0.2) is 9.79 Å². The normalized spacial score (nSPS) is 15.2. The van der Waals surface area contributed by atoms with Gasteiger partial charge in [0.05, 0.1) is 42.7 Å². The molecule has 1 atom stereocenters. The van der Waals surface area contributed by atoms with E-state index in [1.165, 1.54) is 23.0 Å². The third-order valence-electron chi connectivity index (χ3n) is 5.96. The maximum absolute atomic E-state index is 13.9. The van der Waals surface area contributed by atoms with Gasteiger partial charge in [0, 0.05) is 11.6 Å². The van der Waals surface area contributed by atoms with Crippen molar-refractivity contribution in [3.8, 4) is 11.5 Å². The van der Waals surface area contributed by atoms with E-state index in [0.717, 1.165) is 5.56 Å². The molecule has 0 saturated heterocycles. The number of esters is 1. The lowest BCUT2D eigenvalue weighted by Crippen LogP contribution is -2.40. The summed E-state index contributed by atoms with van der Waals surface area (Å²) in [6.07, 6.45) is 1.66. The first-order valence-electron chi connectivity index (χ1n) is 11.7. The van der Waals surface area contributed by atoms with Crippen molar-refractivity contribution in [1.82, 2.24) is 4.57 Å². The molecule has 1 aliphatic heterocycles. The topological polar surface area (TPSA) is 92.3 Å². The molecule has 3 heterocycles. The number of nitrogens with zero attached hydrogens (tertiary/aromatic N) is 2. The van der Waals surface area contributed by atoms with Crippen LogP contribution in [0.1, 0.15) is 29.9 Å². The van der Waals surface area contributed by atoms with Crippen molar-refractivity contribution in [2.75, 3.05) is 20.8 Å². The highest BCUT2D eigenvalue weighted by molar-refractivity contribution is 9.10.